The molecular weight excluding hydrogens is 328 g/mol. The van der Waals surface area contributed by atoms with Gasteiger partial charge in [-0.05, 0) is 44.5 Å². The number of halogens is 1. The van der Waals surface area contributed by atoms with Crippen molar-refractivity contribution in [3.8, 4) is 11.5 Å². The van der Waals surface area contributed by atoms with Gasteiger partial charge in [-0.25, -0.2) is 0 Å². The number of hydrogen-bond donors (Lipinski definition) is 1. The minimum absolute atomic E-state index is 0.260. The number of benzene rings is 1. The topological polar surface area (TPSA) is 60.5 Å². The number of ether oxygens (including phenoxy) is 2. The molecule has 0 atom stereocenters. The fourth-order valence-electron chi connectivity index (χ4n) is 2.76. The summed E-state index contributed by atoms with van der Waals surface area (Å²) in [6.07, 6.45) is 0.778. The Bertz CT molecular complexity index is 782. The number of rotatable bonds is 2. The predicted octanol–water partition coefficient (Wildman–Crippen LogP) is 4.07. The molecule has 0 bridgehead atoms. The average Bonchev–Trinajstić information content (AvgIpc) is 2.76. The number of hydrogen-bond acceptors (Lipinski definition) is 4. The second kappa shape index (κ2) is 6.69. The number of amides is 1. The summed E-state index contributed by atoms with van der Waals surface area (Å²) in [4.78, 5) is 17.0. The second-order valence-electron chi connectivity index (χ2n) is 5.83. The molecule has 1 aliphatic heterocycles. The zero-order valence-electron chi connectivity index (χ0n) is 13.9. The number of aromatic nitrogens is 1. The largest absolute Gasteiger partial charge is 0.489 e. The van der Waals surface area contributed by atoms with Gasteiger partial charge in [0.25, 0.3) is 5.91 Å². The zero-order valence-corrected chi connectivity index (χ0v) is 14.7. The molecule has 1 N–H and O–H groups in total. The van der Waals surface area contributed by atoms with Crippen LogP contribution in [0.4, 0.5) is 5.69 Å². The van der Waals surface area contributed by atoms with Gasteiger partial charge in [0.15, 0.2) is 11.5 Å². The summed E-state index contributed by atoms with van der Waals surface area (Å²) in [6.45, 7) is 6.82. The number of nitrogens with zero attached hydrogens (tertiary/aromatic N) is 1. The standard InChI is InChI=1S/C18H19ClN2O3/c1-10-7-11(2)20-12(3)16(10)21-18(22)13-8-14(19)17-15(9-13)23-5-4-6-24-17/h7-9H,4-6H2,1-3H3,(H,21,22). The molecule has 0 fully saturated rings. The Kier molecular flexibility index (Phi) is 4.62. The first kappa shape index (κ1) is 16.6. The average molecular weight is 347 g/mol. The number of carbonyl (C=O) groups excluding carboxylic acids is 1. The van der Waals surface area contributed by atoms with Gasteiger partial charge in [-0.2, -0.15) is 0 Å². The van der Waals surface area contributed by atoms with Crippen molar-refractivity contribution in [1.29, 1.82) is 0 Å². The number of fused-ring (bicyclic) bond motifs is 1. The van der Waals surface area contributed by atoms with E-state index in [0.717, 1.165) is 23.4 Å². The molecule has 0 spiro atoms. The SMILES string of the molecule is Cc1cc(C)c(NC(=O)c2cc(Cl)c3c(c2)OCCCO3)c(C)n1. The highest BCUT2D eigenvalue weighted by atomic mass is 35.5. The Morgan fingerprint density at radius 3 is 2.67 bits per heavy atom. The van der Waals surface area contributed by atoms with Crippen molar-refractivity contribution < 1.29 is 14.3 Å². The molecule has 3 rings (SSSR count). The normalized spacial score (nSPS) is 13.3. The lowest BCUT2D eigenvalue weighted by atomic mass is 10.1. The summed E-state index contributed by atoms with van der Waals surface area (Å²) in [5, 5.41) is 3.29. The number of pyridine rings is 1. The van der Waals surface area contributed by atoms with Crippen LogP contribution in [0.5, 0.6) is 11.5 Å². The highest BCUT2D eigenvalue weighted by molar-refractivity contribution is 6.32. The highest BCUT2D eigenvalue weighted by Crippen LogP contribution is 2.38. The smallest absolute Gasteiger partial charge is 0.255 e. The van der Waals surface area contributed by atoms with Crippen LogP contribution in [0.3, 0.4) is 0 Å². The molecule has 0 saturated heterocycles. The third kappa shape index (κ3) is 3.31. The van der Waals surface area contributed by atoms with Crippen LogP contribution in [0.25, 0.3) is 0 Å². The molecular formula is C18H19ClN2O3. The summed E-state index contributed by atoms with van der Waals surface area (Å²) in [5.41, 5.74) is 3.80. The van der Waals surface area contributed by atoms with E-state index in [1.807, 2.05) is 26.8 Å². The molecule has 1 amide bonds. The van der Waals surface area contributed by atoms with E-state index in [4.69, 9.17) is 21.1 Å². The van der Waals surface area contributed by atoms with Crippen molar-refractivity contribution in [2.75, 3.05) is 18.5 Å². The van der Waals surface area contributed by atoms with E-state index in [1.54, 1.807) is 12.1 Å². The Labute approximate surface area is 145 Å². The summed E-state index contributed by atoms with van der Waals surface area (Å²) in [7, 11) is 0. The quantitative estimate of drug-likeness (QED) is 0.890. The zero-order chi connectivity index (χ0) is 17.3. The maximum Gasteiger partial charge on any atom is 0.255 e. The summed E-state index contributed by atoms with van der Waals surface area (Å²) < 4.78 is 11.2. The van der Waals surface area contributed by atoms with Crippen molar-refractivity contribution in [2.24, 2.45) is 0 Å². The third-order valence-corrected chi connectivity index (χ3v) is 4.11. The maximum absolute atomic E-state index is 12.6. The molecule has 5 nitrogen and oxygen atoms in total. The highest BCUT2D eigenvalue weighted by Gasteiger charge is 2.19. The first-order chi connectivity index (χ1) is 11.5. The number of anilines is 1. The monoisotopic (exact) mass is 346 g/mol. The van der Waals surface area contributed by atoms with Crippen molar-refractivity contribution in [3.63, 3.8) is 0 Å². The minimum Gasteiger partial charge on any atom is -0.489 e. The summed E-state index contributed by atoms with van der Waals surface area (Å²) >= 11 is 6.25. The molecule has 0 saturated carbocycles. The van der Waals surface area contributed by atoms with E-state index in [1.165, 1.54) is 0 Å². The van der Waals surface area contributed by atoms with E-state index in [9.17, 15) is 4.79 Å². The molecule has 24 heavy (non-hydrogen) atoms. The van der Waals surface area contributed by atoms with E-state index < -0.39 is 0 Å². The third-order valence-electron chi connectivity index (χ3n) is 3.83. The van der Waals surface area contributed by atoms with Crippen LogP contribution in [-0.2, 0) is 0 Å². The van der Waals surface area contributed by atoms with Crippen LogP contribution in [0.1, 0.15) is 33.7 Å². The van der Waals surface area contributed by atoms with E-state index in [2.05, 4.69) is 10.3 Å². The van der Waals surface area contributed by atoms with Gasteiger partial charge in [0.2, 0.25) is 0 Å². The van der Waals surface area contributed by atoms with Crippen LogP contribution < -0.4 is 14.8 Å². The van der Waals surface area contributed by atoms with Gasteiger partial charge in [0.1, 0.15) is 0 Å². The van der Waals surface area contributed by atoms with Crippen LogP contribution in [0.15, 0.2) is 18.2 Å². The Morgan fingerprint density at radius 2 is 1.92 bits per heavy atom. The molecule has 0 radical (unpaired) electrons. The van der Waals surface area contributed by atoms with Gasteiger partial charge in [0, 0.05) is 17.7 Å². The van der Waals surface area contributed by atoms with Crippen LogP contribution in [0.2, 0.25) is 5.02 Å². The summed E-state index contributed by atoms with van der Waals surface area (Å²) in [6, 6.07) is 5.19. The number of nitrogens with one attached hydrogen (secondary N) is 1. The Morgan fingerprint density at radius 1 is 1.17 bits per heavy atom. The molecule has 1 aromatic heterocycles. The molecule has 2 aromatic rings. The molecule has 1 aliphatic rings. The van der Waals surface area contributed by atoms with Gasteiger partial charge in [-0.15, -0.1) is 0 Å². The minimum atomic E-state index is -0.260. The molecule has 6 heteroatoms. The van der Waals surface area contributed by atoms with Gasteiger partial charge < -0.3 is 14.8 Å². The van der Waals surface area contributed by atoms with E-state index in [0.29, 0.717) is 41.0 Å². The lowest BCUT2D eigenvalue weighted by Gasteiger charge is -2.14. The van der Waals surface area contributed by atoms with E-state index >= 15 is 0 Å². The number of carbonyl (C=O) groups is 1. The van der Waals surface area contributed by atoms with Crippen molar-refractivity contribution in [3.05, 3.63) is 45.7 Å². The Balaban J connectivity index is 1.91. The van der Waals surface area contributed by atoms with Crippen molar-refractivity contribution in [2.45, 2.75) is 27.2 Å². The first-order valence-corrected chi connectivity index (χ1v) is 8.19. The van der Waals surface area contributed by atoms with Gasteiger partial charge in [-0.1, -0.05) is 11.6 Å². The van der Waals surface area contributed by atoms with Crippen LogP contribution in [-0.4, -0.2) is 24.1 Å². The molecule has 0 aliphatic carbocycles. The number of aryl methyl sites for hydroxylation is 3. The maximum atomic E-state index is 12.6. The van der Waals surface area contributed by atoms with Crippen LogP contribution >= 0.6 is 11.6 Å². The van der Waals surface area contributed by atoms with E-state index in [-0.39, 0.29) is 5.91 Å². The Hall–Kier alpha value is -2.27. The predicted molar refractivity (Wildman–Crippen MR) is 93.5 cm³/mol. The fraction of sp³-hybridized carbons (Fsp3) is 0.333. The second-order valence-corrected chi connectivity index (χ2v) is 6.24. The molecule has 2 heterocycles. The summed E-state index contributed by atoms with van der Waals surface area (Å²) in [5.74, 6) is 0.736. The van der Waals surface area contributed by atoms with Crippen LogP contribution in [0, 0.1) is 20.8 Å². The molecule has 0 unspecified atom stereocenters. The molecule has 1 aromatic carbocycles. The lowest BCUT2D eigenvalue weighted by molar-refractivity contribution is 0.102. The van der Waals surface area contributed by atoms with Gasteiger partial charge in [0.05, 0.1) is 29.6 Å². The van der Waals surface area contributed by atoms with Crippen molar-refractivity contribution in [1.82, 2.24) is 4.98 Å². The lowest BCUT2D eigenvalue weighted by Crippen LogP contribution is -2.15. The fourth-order valence-corrected chi connectivity index (χ4v) is 3.03. The first-order valence-electron chi connectivity index (χ1n) is 7.81. The molecule has 126 valence electrons. The van der Waals surface area contributed by atoms with Crippen molar-refractivity contribution >= 4 is 23.2 Å². The van der Waals surface area contributed by atoms with Gasteiger partial charge in [-0.3, -0.25) is 9.78 Å². The van der Waals surface area contributed by atoms with Gasteiger partial charge >= 0.3 is 0 Å².